The normalized spacial score (nSPS) is 19.9. The summed E-state index contributed by atoms with van der Waals surface area (Å²) in [6.45, 7) is 1.99. The summed E-state index contributed by atoms with van der Waals surface area (Å²) < 4.78 is 6.26. The van der Waals surface area contributed by atoms with Gasteiger partial charge in [0.15, 0.2) is 0 Å². The maximum Gasteiger partial charge on any atom is 0.231 e. The maximum atomic E-state index is 5.35. The first kappa shape index (κ1) is 11.8. The molecule has 18 heavy (non-hydrogen) atoms. The summed E-state index contributed by atoms with van der Waals surface area (Å²) in [5, 5.41) is 7.37. The number of hydrogen-bond acceptors (Lipinski definition) is 5. The van der Waals surface area contributed by atoms with Crippen LogP contribution in [0.2, 0.25) is 0 Å². The third-order valence-electron chi connectivity index (χ3n) is 3.05. The molecule has 0 saturated carbocycles. The van der Waals surface area contributed by atoms with Crippen molar-refractivity contribution in [3.05, 3.63) is 28.8 Å². The minimum atomic E-state index is 0.333. The van der Waals surface area contributed by atoms with Crippen molar-refractivity contribution in [3.63, 3.8) is 0 Å². The van der Waals surface area contributed by atoms with Gasteiger partial charge in [0.1, 0.15) is 0 Å². The van der Waals surface area contributed by atoms with Crippen LogP contribution in [-0.2, 0) is 0 Å². The van der Waals surface area contributed by atoms with E-state index in [0.717, 1.165) is 41.9 Å². The van der Waals surface area contributed by atoms with Crippen LogP contribution >= 0.6 is 15.9 Å². The van der Waals surface area contributed by atoms with E-state index in [9.17, 15) is 0 Å². The zero-order valence-corrected chi connectivity index (χ0v) is 11.4. The second kappa shape index (κ2) is 5.16. The molecule has 3 heterocycles. The Balaban J connectivity index is 1.84. The average molecular weight is 309 g/mol. The van der Waals surface area contributed by atoms with E-state index >= 15 is 0 Å². The molecule has 1 saturated heterocycles. The molecule has 3 rings (SSSR count). The van der Waals surface area contributed by atoms with Crippen LogP contribution in [0.5, 0.6) is 0 Å². The first-order valence-corrected chi connectivity index (χ1v) is 6.77. The molecule has 0 aliphatic carbocycles. The Morgan fingerprint density at radius 2 is 2.33 bits per heavy atom. The van der Waals surface area contributed by atoms with Gasteiger partial charge in [-0.1, -0.05) is 5.16 Å². The molecule has 94 valence electrons. The van der Waals surface area contributed by atoms with Crippen molar-refractivity contribution in [3.8, 4) is 11.4 Å². The fourth-order valence-corrected chi connectivity index (χ4v) is 2.48. The van der Waals surface area contributed by atoms with Crippen LogP contribution in [0, 0.1) is 0 Å². The molecule has 0 spiro atoms. The van der Waals surface area contributed by atoms with Crippen LogP contribution < -0.4 is 5.32 Å². The summed E-state index contributed by atoms with van der Waals surface area (Å²) in [5.41, 5.74) is 0.864. The Labute approximate surface area is 113 Å². The van der Waals surface area contributed by atoms with Gasteiger partial charge in [0.25, 0.3) is 0 Å². The van der Waals surface area contributed by atoms with E-state index in [-0.39, 0.29) is 0 Å². The molecule has 5 nitrogen and oxygen atoms in total. The summed E-state index contributed by atoms with van der Waals surface area (Å²) in [4.78, 5) is 8.57. The first-order chi connectivity index (χ1) is 8.83. The lowest BCUT2D eigenvalue weighted by molar-refractivity contribution is 0.322. The van der Waals surface area contributed by atoms with E-state index in [4.69, 9.17) is 4.52 Å². The lowest BCUT2D eigenvalue weighted by Gasteiger charge is -2.18. The third kappa shape index (κ3) is 2.44. The standard InChI is InChI=1S/C12H13BrN4O/c13-10-4-9(6-15-7-10)11-16-12(18-17-11)8-2-1-3-14-5-8/h4,6-8,14H,1-3,5H2. The number of nitrogens with zero attached hydrogens (tertiary/aromatic N) is 3. The molecular weight excluding hydrogens is 296 g/mol. The van der Waals surface area contributed by atoms with Crippen molar-refractivity contribution in [2.24, 2.45) is 0 Å². The number of piperidine rings is 1. The number of hydrogen-bond donors (Lipinski definition) is 1. The molecule has 1 N–H and O–H groups in total. The van der Waals surface area contributed by atoms with E-state index in [2.05, 4.69) is 36.4 Å². The van der Waals surface area contributed by atoms with Crippen molar-refractivity contribution >= 4 is 15.9 Å². The monoisotopic (exact) mass is 308 g/mol. The number of pyridine rings is 1. The molecule has 2 aromatic rings. The van der Waals surface area contributed by atoms with Crippen molar-refractivity contribution < 1.29 is 4.52 Å². The van der Waals surface area contributed by atoms with Crippen LogP contribution in [0.4, 0.5) is 0 Å². The van der Waals surface area contributed by atoms with Gasteiger partial charge in [-0.05, 0) is 41.4 Å². The Kier molecular flexibility index (Phi) is 3.38. The van der Waals surface area contributed by atoms with Gasteiger partial charge < -0.3 is 9.84 Å². The van der Waals surface area contributed by atoms with Gasteiger partial charge in [0.2, 0.25) is 11.7 Å². The van der Waals surface area contributed by atoms with Crippen LogP contribution in [-0.4, -0.2) is 28.2 Å². The number of rotatable bonds is 2. The minimum Gasteiger partial charge on any atom is -0.339 e. The Morgan fingerprint density at radius 3 is 3.11 bits per heavy atom. The van der Waals surface area contributed by atoms with Gasteiger partial charge >= 0.3 is 0 Å². The first-order valence-electron chi connectivity index (χ1n) is 5.98. The summed E-state index contributed by atoms with van der Waals surface area (Å²) in [7, 11) is 0. The second-order valence-corrected chi connectivity index (χ2v) is 5.31. The highest BCUT2D eigenvalue weighted by Gasteiger charge is 2.21. The van der Waals surface area contributed by atoms with Crippen molar-refractivity contribution in [1.29, 1.82) is 0 Å². The Hall–Kier alpha value is -1.27. The lowest BCUT2D eigenvalue weighted by atomic mass is 10.00. The summed E-state index contributed by atoms with van der Waals surface area (Å²) in [6, 6.07) is 1.93. The molecule has 1 unspecified atom stereocenters. The molecule has 1 fully saturated rings. The molecule has 0 radical (unpaired) electrons. The molecular formula is C12H13BrN4O. The molecule has 2 aromatic heterocycles. The van der Waals surface area contributed by atoms with Crippen molar-refractivity contribution in [1.82, 2.24) is 20.4 Å². The zero-order valence-electron chi connectivity index (χ0n) is 9.77. The van der Waals surface area contributed by atoms with E-state index in [1.807, 2.05) is 6.07 Å². The van der Waals surface area contributed by atoms with Crippen molar-refractivity contribution in [2.75, 3.05) is 13.1 Å². The Morgan fingerprint density at radius 1 is 1.39 bits per heavy atom. The molecule has 0 aromatic carbocycles. The number of aromatic nitrogens is 3. The quantitative estimate of drug-likeness (QED) is 0.922. The second-order valence-electron chi connectivity index (χ2n) is 4.39. The van der Waals surface area contributed by atoms with Crippen LogP contribution in [0.3, 0.4) is 0 Å². The fraction of sp³-hybridized carbons (Fsp3) is 0.417. The van der Waals surface area contributed by atoms with Crippen LogP contribution in [0.15, 0.2) is 27.5 Å². The minimum absolute atomic E-state index is 0.333. The maximum absolute atomic E-state index is 5.35. The van der Waals surface area contributed by atoms with Gasteiger partial charge in [0, 0.05) is 29.0 Å². The van der Waals surface area contributed by atoms with E-state index in [0.29, 0.717) is 11.7 Å². The van der Waals surface area contributed by atoms with Gasteiger partial charge in [-0.15, -0.1) is 0 Å². The smallest absolute Gasteiger partial charge is 0.231 e. The van der Waals surface area contributed by atoms with Crippen LogP contribution in [0.25, 0.3) is 11.4 Å². The predicted molar refractivity (Wildman–Crippen MR) is 70.1 cm³/mol. The summed E-state index contributed by atoms with van der Waals surface area (Å²) in [5.74, 6) is 1.65. The van der Waals surface area contributed by atoms with Gasteiger partial charge in [-0.25, -0.2) is 0 Å². The highest BCUT2D eigenvalue weighted by Crippen LogP contribution is 2.25. The molecule has 6 heteroatoms. The lowest BCUT2D eigenvalue weighted by Crippen LogP contribution is -2.28. The largest absolute Gasteiger partial charge is 0.339 e. The molecule has 1 atom stereocenters. The van der Waals surface area contributed by atoms with E-state index in [1.54, 1.807) is 12.4 Å². The summed E-state index contributed by atoms with van der Waals surface area (Å²) in [6.07, 6.45) is 5.72. The highest BCUT2D eigenvalue weighted by atomic mass is 79.9. The molecule has 0 amide bonds. The van der Waals surface area contributed by atoms with Crippen molar-refractivity contribution in [2.45, 2.75) is 18.8 Å². The Bertz CT molecular complexity index is 536. The molecule has 0 bridgehead atoms. The predicted octanol–water partition coefficient (Wildman–Crippen LogP) is 2.36. The third-order valence-corrected chi connectivity index (χ3v) is 3.48. The van der Waals surface area contributed by atoms with Crippen LogP contribution in [0.1, 0.15) is 24.7 Å². The molecule has 1 aliphatic heterocycles. The number of halogens is 1. The van der Waals surface area contributed by atoms with Gasteiger partial charge in [-0.2, -0.15) is 4.98 Å². The number of nitrogens with one attached hydrogen (secondary N) is 1. The average Bonchev–Trinajstić information content (AvgIpc) is 2.89. The van der Waals surface area contributed by atoms with Gasteiger partial charge in [-0.3, -0.25) is 4.98 Å². The van der Waals surface area contributed by atoms with E-state index < -0.39 is 0 Å². The van der Waals surface area contributed by atoms with E-state index in [1.165, 1.54) is 0 Å². The van der Waals surface area contributed by atoms with Gasteiger partial charge in [0.05, 0.1) is 5.92 Å². The highest BCUT2D eigenvalue weighted by molar-refractivity contribution is 9.10. The SMILES string of the molecule is Brc1cncc(-c2noc(C3CCCNC3)n2)c1. The zero-order chi connectivity index (χ0) is 12.4. The topological polar surface area (TPSA) is 63.8 Å². The molecule has 1 aliphatic rings. The summed E-state index contributed by atoms with van der Waals surface area (Å²) >= 11 is 3.38. The fourth-order valence-electron chi connectivity index (χ4n) is 2.12.